The third-order valence-electron chi connectivity index (χ3n) is 3.73. The fourth-order valence-electron chi connectivity index (χ4n) is 2.57. The van der Waals surface area contributed by atoms with E-state index in [0.717, 1.165) is 33.8 Å². The summed E-state index contributed by atoms with van der Waals surface area (Å²) in [6, 6.07) is 9.22. The van der Waals surface area contributed by atoms with Crippen LogP contribution in [0.25, 0.3) is 0 Å². The Morgan fingerprint density at radius 3 is 2.38 bits per heavy atom. The molecule has 0 spiro atoms. The number of hydrogen-bond acceptors (Lipinski definition) is 1. The van der Waals surface area contributed by atoms with Crippen LogP contribution in [0.5, 0.6) is 0 Å². The van der Waals surface area contributed by atoms with Crippen LogP contribution in [-0.4, -0.2) is 6.54 Å². The number of halogens is 2. The second-order valence-electron chi connectivity index (χ2n) is 5.47. The van der Waals surface area contributed by atoms with Crippen LogP contribution < -0.4 is 5.32 Å². The van der Waals surface area contributed by atoms with E-state index in [1.54, 1.807) is 6.07 Å². The van der Waals surface area contributed by atoms with Gasteiger partial charge in [0.15, 0.2) is 0 Å². The molecule has 0 aliphatic heterocycles. The van der Waals surface area contributed by atoms with Gasteiger partial charge in [0, 0.05) is 10.6 Å². The molecule has 0 heterocycles. The summed E-state index contributed by atoms with van der Waals surface area (Å²) < 4.78 is 14.4. The number of aryl methyl sites for hydroxylation is 3. The summed E-state index contributed by atoms with van der Waals surface area (Å²) in [5, 5.41) is 4.13. The van der Waals surface area contributed by atoms with Gasteiger partial charge in [0.05, 0.1) is 6.04 Å². The minimum absolute atomic E-state index is 0.161. The fraction of sp³-hybridized carbons (Fsp3) is 0.333. The summed E-state index contributed by atoms with van der Waals surface area (Å²) in [6.45, 7) is 8.67. The van der Waals surface area contributed by atoms with E-state index < -0.39 is 0 Å². The quantitative estimate of drug-likeness (QED) is 0.828. The van der Waals surface area contributed by atoms with Crippen LogP contribution in [0, 0.1) is 26.6 Å². The monoisotopic (exact) mass is 305 g/mol. The Kier molecular flexibility index (Phi) is 5.02. The van der Waals surface area contributed by atoms with E-state index in [0.29, 0.717) is 5.56 Å². The summed E-state index contributed by atoms with van der Waals surface area (Å²) in [6.07, 6.45) is 0. The molecule has 0 aliphatic carbocycles. The Hall–Kier alpha value is -1.38. The van der Waals surface area contributed by atoms with Crippen LogP contribution in [0.2, 0.25) is 5.02 Å². The van der Waals surface area contributed by atoms with Crippen molar-refractivity contribution in [3.05, 3.63) is 69.0 Å². The first kappa shape index (κ1) is 16.0. The molecular formula is C18H21ClFN. The summed E-state index contributed by atoms with van der Waals surface area (Å²) in [5.41, 5.74) is 4.74. The van der Waals surface area contributed by atoms with Gasteiger partial charge in [-0.15, -0.1) is 0 Å². The highest BCUT2D eigenvalue weighted by Gasteiger charge is 2.19. The molecule has 0 amide bonds. The molecular weight excluding hydrogens is 285 g/mol. The van der Waals surface area contributed by atoms with E-state index in [1.807, 2.05) is 52.0 Å². The standard InChI is InChI=1S/C18H21ClFN/c1-5-21-18(14-7-6-11(2)8-17(14)20)15-9-13(4)16(19)10-12(15)3/h6-10,18,21H,5H2,1-4H3. The number of benzene rings is 2. The molecule has 21 heavy (non-hydrogen) atoms. The first-order valence-corrected chi connectivity index (χ1v) is 7.58. The van der Waals surface area contributed by atoms with E-state index in [-0.39, 0.29) is 11.9 Å². The third-order valence-corrected chi connectivity index (χ3v) is 4.14. The highest BCUT2D eigenvalue weighted by molar-refractivity contribution is 6.31. The maximum absolute atomic E-state index is 14.4. The lowest BCUT2D eigenvalue weighted by Gasteiger charge is -2.22. The van der Waals surface area contributed by atoms with Crippen LogP contribution in [0.15, 0.2) is 30.3 Å². The fourth-order valence-corrected chi connectivity index (χ4v) is 2.79. The van der Waals surface area contributed by atoms with Crippen LogP contribution in [0.3, 0.4) is 0 Å². The van der Waals surface area contributed by atoms with Gasteiger partial charge in [0.25, 0.3) is 0 Å². The van der Waals surface area contributed by atoms with Gasteiger partial charge < -0.3 is 5.32 Å². The second kappa shape index (κ2) is 6.59. The minimum Gasteiger partial charge on any atom is -0.306 e. The van der Waals surface area contributed by atoms with E-state index in [1.165, 1.54) is 0 Å². The van der Waals surface area contributed by atoms with Gasteiger partial charge in [-0.2, -0.15) is 0 Å². The Morgan fingerprint density at radius 1 is 1.05 bits per heavy atom. The number of nitrogens with one attached hydrogen (secondary N) is 1. The molecule has 1 nitrogen and oxygen atoms in total. The molecule has 1 N–H and O–H groups in total. The summed E-state index contributed by atoms with van der Waals surface area (Å²) >= 11 is 6.17. The lowest BCUT2D eigenvalue weighted by Crippen LogP contribution is -2.24. The minimum atomic E-state index is -0.173. The highest BCUT2D eigenvalue weighted by Crippen LogP contribution is 2.30. The molecule has 2 rings (SSSR count). The molecule has 1 unspecified atom stereocenters. The Labute approximate surface area is 131 Å². The Morgan fingerprint density at radius 2 is 1.76 bits per heavy atom. The normalized spacial score (nSPS) is 12.5. The van der Waals surface area contributed by atoms with Crippen molar-refractivity contribution in [1.82, 2.24) is 5.32 Å². The van der Waals surface area contributed by atoms with Gasteiger partial charge in [0.1, 0.15) is 5.82 Å². The average Bonchev–Trinajstić information content (AvgIpc) is 2.41. The Bertz CT molecular complexity index is 652. The van der Waals surface area contributed by atoms with Crippen molar-refractivity contribution in [2.24, 2.45) is 0 Å². The molecule has 3 heteroatoms. The SMILES string of the molecule is CCNC(c1cc(C)c(Cl)cc1C)c1ccc(C)cc1F. The summed E-state index contributed by atoms with van der Waals surface area (Å²) in [5.74, 6) is -0.173. The van der Waals surface area contributed by atoms with Crippen molar-refractivity contribution in [2.75, 3.05) is 6.54 Å². The van der Waals surface area contributed by atoms with Crippen molar-refractivity contribution in [3.8, 4) is 0 Å². The smallest absolute Gasteiger partial charge is 0.128 e. The Balaban J connectivity index is 2.55. The van der Waals surface area contributed by atoms with E-state index in [2.05, 4.69) is 5.32 Å². The molecule has 2 aromatic carbocycles. The third kappa shape index (κ3) is 3.45. The number of rotatable bonds is 4. The van der Waals surface area contributed by atoms with Gasteiger partial charge in [-0.1, -0.05) is 36.7 Å². The van der Waals surface area contributed by atoms with Gasteiger partial charge in [-0.25, -0.2) is 4.39 Å². The maximum atomic E-state index is 14.4. The van der Waals surface area contributed by atoms with E-state index in [9.17, 15) is 4.39 Å². The molecule has 0 fully saturated rings. The molecule has 0 saturated heterocycles. The molecule has 0 radical (unpaired) electrons. The first-order valence-electron chi connectivity index (χ1n) is 7.20. The van der Waals surface area contributed by atoms with Crippen LogP contribution in [-0.2, 0) is 0 Å². The highest BCUT2D eigenvalue weighted by atomic mass is 35.5. The molecule has 0 bridgehead atoms. The topological polar surface area (TPSA) is 12.0 Å². The van der Waals surface area contributed by atoms with Crippen LogP contribution in [0.4, 0.5) is 4.39 Å². The summed E-state index contributed by atoms with van der Waals surface area (Å²) in [7, 11) is 0. The average molecular weight is 306 g/mol. The lowest BCUT2D eigenvalue weighted by molar-refractivity contribution is 0.557. The molecule has 0 saturated carbocycles. The second-order valence-corrected chi connectivity index (χ2v) is 5.88. The van der Waals surface area contributed by atoms with Gasteiger partial charge in [-0.05, 0) is 61.7 Å². The largest absolute Gasteiger partial charge is 0.306 e. The van der Waals surface area contributed by atoms with Crippen molar-refractivity contribution in [3.63, 3.8) is 0 Å². The summed E-state index contributed by atoms with van der Waals surface area (Å²) in [4.78, 5) is 0. The van der Waals surface area contributed by atoms with E-state index in [4.69, 9.17) is 11.6 Å². The van der Waals surface area contributed by atoms with Gasteiger partial charge >= 0.3 is 0 Å². The zero-order chi connectivity index (χ0) is 15.6. The van der Waals surface area contributed by atoms with Gasteiger partial charge in [0.2, 0.25) is 0 Å². The zero-order valence-corrected chi connectivity index (χ0v) is 13.7. The molecule has 1 atom stereocenters. The molecule has 0 aliphatic rings. The van der Waals surface area contributed by atoms with Gasteiger partial charge in [-0.3, -0.25) is 0 Å². The van der Waals surface area contributed by atoms with Crippen molar-refractivity contribution < 1.29 is 4.39 Å². The first-order chi connectivity index (χ1) is 9.93. The lowest BCUT2D eigenvalue weighted by atomic mass is 9.92. The zero-order valence-electron chi connectivity index (χ0n) is 12.9. The molecule has 112 valence electrons. The molecule has 0 aromatic heterocycles. The molecule has 2 aromatic rings. The predicted molar refractivity (Wildman–Crippen MR) is 87.6 cm³/mol. The number of hydrogen-bond donors (Lipinski definition) is 1. The van der Waals surface area contributed by atoms with Crippen molar-refractivity contribution in [2.45, 2.75) is 33.7 Å². The van der Waals surface area contributed by atoms with E-state index >= 15 is 0 Å². The van der Waals surface area contributed by atoms with Crippen LogP contribution in [0.1, 0.15) is 40.8 Å². The predicted octanol–water partition coefficient (Wildman–Crippen LogP) is 5.10. The van der Waals surface area contributed by atoms with Crippen molar-refractivity contribution >= 4 is 11.6 Å². The van der Waals surface area contributed by atoms with Crippen molar-refractivity contribution in [1.29, 1.82) is 0 Å². The van der Waals surface area contributed by atoms with Crippen LogP contribution >= 0.6 is 11.6 Å². The maximum Gasteiger partial charge on any atom is 0.128 e.